The molecule has 1 heterocycles. The number of hydrogen-bond acceptors (Lipinski definition) is 4. The van der Waals surface area contributed by atoms with Gasteiger partial charge in [0, 0.05) is 31.1 Å². The van der Waals surface area contributed by atoms with E-state index in [0.29, 0.717) is 17.2 Å². The minimum absolute atomic E-state index is 0.211. The van der Waals surface area contributed by atoms with Crippen molar-refractivity contribution in [2.24, 2.45) is 11.7 Å². The molecule has 98 valence electrons. The van der Waals surface area contributed by atoms with Crippen molar-refractivity contribution in [1.82, 2.24) is 0 Å². The number of hydrogen-bond donors (Lipinski definition) is 3. The molecule has 1 aromatic carbocycles. The van der Waals surface area contributed by atoms with Gasteiger partial charge in [0.15, 0.2) is 0 Å². The smallest absolute Gasteiger partial charge is 0.250 e. The molecular weight excluding hydrogens is 230 g/mol. The Hall–Kier alpha value is -1.75. The van der Waals surface area contributed by atoms with E-state index >= 15 is 0 Å². The summed E-state index contributed by atoms with van der Waals surface area (Å²) in [6, 6.07) is 5.24. The van der Waals surface area contributed by atoms with Crippen LogP contribution in [-0.4, -0.2) is 30.7 Å². The second-order valence-corrected chi connectivity index (χ2v) is 4.75. The van der Waals surface area contributed by atoms with Crippen LogP contribution in [0.4, 0.5) is 11.4 Å². The standard InChI is InChI=1S/C13H19N3O2/c14-10-1-2-12(11(7-10)13(15)18)16-5-3-9(8-16)4-6-17/h1-2,7,9,17H,3-6,8,14H2,(H2,15,18). The Morgan fingerprint density at radius 3 is 2.94 bits per heavy atom. The molecule has 0 aliphatic carbocycles. The number of benzene rings is 1. The highest BCUT2D eigenvalue weighted by molar-refractivity contribution is 5.99. The van der Waals surface area contributed by atoms with E-state index < -0.39 is 5.91 Å². The monoisotopic (exact) mass is 249 g/mol. The zero-order valence-corrected chi connectivity index (χ0v) is 10.3. The second-order valence-electron chi connectivity index (χ2n) is 4.75. The van der Waals surface area contributed by atoms with Crippen LogP contribution in [0.15, 0.2) is 18.2 Å². The molecule has 5 nitrogen and oxygen atoms in total. The van der Waals surface area contributed by atoms with Crippen molar-refractivity contribution >= 4 is 17.3 Å². The topological polar surface area (TPSA) is 92.6 Å². The summed E-state index contributed by atoms with van der Waals surface area (Å²) in [6.45, 7) is 1.95. The van der Waals surface area contributed by atoms with Gasteiger partial charge in [0.2, 0.25) is 0 Å². The molecule has 1 aliphatic heterocycles. The number of carbonyl (C=O) groups is 1. The highest BCUT2D eigenvalue weighted by Gasteiger charge is 2.24. The quantitative estimate of drug-likeness (QED) is 0.680. The molecule has 0 bridgehead atoms. The van der Waals surface area contributed by atoms with E-state index in [0.717, 1.165) is 31.6 Å². The molecule has 1 unspecified atom stereocenters. The molecule has 2 rings (SSSR count). The molecule has 0 radical (unpaired) electrons. The van der Waals surface area contributed by atoms with Crippen molar-refractivity contribution in [3.05, 3.63) is 23.8 Å². The molecule has 1 aromatic rings. The average molecular weight is 249 g/mol. The van der Waals surface area contributed by atoms with Gasteiger partial charge < -0.3 is 21.5 Å². The summed E-state index contributed by atoms with van der Waals surface area (Å²) in [6.07, 6.45) is 1.83. The molecule has 1 saturated heterocycles. The Bertz CT molecular complexity index is 448. The fourth-order valence-corrected chi connectivity index (χ4v) is 2.50. The number of amides is 1. The van der Waals surface area contributed by atoms with Crippen molar-refractivity contribution in [3.63, 3.8) is 0 Å². The van der Waals surface area contributed by atoms with Gasteiger partial charge in [-0.15, -0.1) is 0 Å². The Kier molecular flexibility index (Phi) is 3.72. The number of nitrogens with two attached hydrogens (primary N) is 2. The number of nitrogen functional groups attached to an aromatic ring is 1. The van der Waals surface area contributed by atoms with Crippen LogP contribution < -0.4 is 16.4 Å². The van der Waals surface area contributed by atoms with Crippen LogP contribution in [0.3, 0.4) is 0 Å². The summed E-state index contributed by atoms with van der Waals surface area (Å²) in [4.78, 5) is 13.6. The zero-order valence-electron chi connectivity index (χ0n) is 10.3. The lowest BCUT2D eigenvalue weighted by molar-refractivity contribution is 0.100. The van der Waals surface area contributed by atoms with Crippen LogP contribution in [0.25, 0.3) is 0 Å². The molecule has 0 saturated carbocycles. The lowest BCUT2D eigenvalue weighted by Crippen LogP contribution is -2.24. The number of aliphatic hydroxyl groups is 1. The third kappa shape index (κ3) is 2.56. The normalized spacial score (nSPS) is 19.2. The van der Waals surface area contributed by atoms with Crippen LogP contribution in [0.5, 0.6) is 0 Å². The summed E-state index contributed by atoms with van der Waals surface area (Å²) in [7, 11) is 0. The highest BCUT2D eigenvalue weighted by atomic mass is 16.3. The lowest BCUT2D eigenvalue weighted by Gasteiger charge is -2.21. The number of aliphatic hydroxyl groups excluding tert-OH is 1. The molecule has 5 N–H and O–H groups in total. The van der Waals surface area contributed by atoms with E-state index in [1.165, 1.54) is 0 Å². The molecule has 0 aromatic heterocycles. The molecule has 1 aliphatic rings. The van der Waals surface area contributed by atoms with E-state index in [1.54, 1.807) is 12.1 Å². The summed E-state index contributed by atoms with van der Waals surface area (Å²) in [5.74, 6) is 0.0242. The molecular formula is C13H19N3O2. The van der Waals surface area contributed by atoms with E-state index in [-0.39, 0.29) is 6.61 Å². The molecule has 1 fully saturated rings. The average Bonchev–Trinajstić information content (AvgIpc) is 2.78. The Morgan fingerprint density at radius 1 is 1.50 bits per heavy atom. The van der Waals surface area contributed by atoms with Crippen molar-refractivity contribution in [2.75, 3.05) is 30.3 Å². The Balaban J connectivity index is 2.21. The van der Waals surface area contributed by atoms with Crippen molar-refractivity contribution < 1.29 is 9.90 Å². The highest BCUT2D eigenvalue weighted by Crippen LogP contribution is 2.29. The third-order valence-electron chi connectivity index (χ3n) is 3.45. The molecule has 0 spiro atoms. The van der Waals surface area contributed by atoms with Crippen LogP contribution in [0, 0.1) is 5.92 Å². The summed E-state index contributed by atoms with van der Waals surface area (Å²) >= 11 is 0. The van der Waals surface area contributed by atoms with Crippen molar-refractivity contribution in [1.29, 1.82) is 0 Å². The maximum Gasteiger partial charge on any atom is 0.250 e. The van der Waals surface area contributed by atoms with E-state index in [9.17, 15) is 4.79 Å². The second kappa shape index (κ2) is 5.27. The first-order chi connectivity index (χ1) is 8.61. The maximum atomic E-state index is 11.4. The minimum Gasteiger partial charge on any atom is -0.399 e. The van der Waals surface area contributed by atoms with Crippen LogP contribution in [0.2, 0.25) is 0 Å². The van der Waals surface area contributed by atoms with Crippen LogP contribution in [-0.2, 0) is 0 Å². The van der Waals surface area contributed by atoms with Gasteiger partial charge in [0.05, 0.1) is 5.56 Å². The maximum absolute atomic E-state index is 11.4. The first kappa shape index (κ1) is 12.7. The molecule has 1 amide bonds. The predicted octanol–water partition coefficient (Wildman–Crippen LogP) is 0.576. The zero-order chi connectivity index (χ0) is 13.1. The lowest BCUT2D eigenvalue weighted by atomic mass is 10.1. The van der Waals surface area contributed by atoms with Gasteiger partial charge in [-0.3, -0.25) is 4.79 Å². The van der Waals surface area contributed by atoms with E-state index in [2.05, 4.69) is 4.90 Å². The Morgan fingerprint density at radius 2 is 2.28 bits per heavy atom. The number of primary amides is 1. The largest absolute Gasteiger partial charge is 0.399 e. The van der Waals surface area contributed by atoms with E-state index in [4.69, 9.17) is 16.6 Å². The summed E-state index contributed by atoms with van der Waals surface area (Å²) < 4.78 is 0. The molecule has 5 heteroatoms. The SMILES string of the molecule is NC(=O)c1cc(N)ccc1N1CCC(CCO)C1. The predicted molar refractivity (Wildman–Crippen MR) is 71.4 cm³/mol. The van der Waals surface area contributed by atoms with Gasteiger partial charge in [0.1, 0.15) is 0 Å². The number of nitrogens with zero attached hydrogens (tertiary/aromatic N) is 1. The van der Waals surface area contributed by atoms with Gasteiger partial charge in [-0.2, -0.15) is 0 Å². The van der Waals surface area contributed by atoms with Crippen molar-refractivity contribution in [2.45, 2.75) is 12.8 Å². The van der Waals surface area contributed by atoms with Crippen LogP contribution in [0.1, 0.15) is 23.2 Å². The fourth-order valence-electron chi connectivity index (χ4n) is 2.50. The molecule has 1 atom stereocenters. The fraction of sp³-hybridized carbons (Fsp3) is 0.462. The van der Waals surface area contributed by atoms with Gasteiger partial charge in [-0.25, -0.2) is 0 Å². The van der Waals surface area contributed by atoms with Gasteiger partial charge in [-0.05, 0) is 37.0 Å². The molecule has 18 heavy (non-hydrogen) atoms. The van der Waals surface area contributed by atoms with E-state index in [1.807, 2.05) is 6.07 Å². The number of carbonyl (C=O) groups excluding carboxylic acids is 1. The summed E-state index contributed by atoms with van der Waals surface area (Å²) in [5, 5.41) is 8.95. The van der Waals surface area contributed by atoms with Crippen molar-refractivity contribution in [3.8, 4) is 0 Å². The summed E-state index contributed by atoms with van der Waals surface area (Å²) in [5.41, 5.74) is 12.9. The number of anilines is 2. The Labute approximate surface area is 106 Å². The van der Waals surface area contributed by atoms with Gasteiger partial charge >= 0.3 is 0 Å². The third-order valence-corrected chi connectivity index (χ3v) is 3.45. The first-order valence-electron chi connectivity index (χ1n) is 6.17. The van der Waals surface area contributed by atoms with Gasteiger partial charge in [-0.1, -0.05) is 0 Å². The van der Waals surface area contributed by atoms with Gasteiger partial charge in [0.25, 0.3) is 5.91 Å². The first-order valence-corrected chi connectivity index (χ1v) is 6.17. The van der Waals surface area contributed by atoms with Crippen LogP contribution >= 0.6 is 0 Å². The number of rotatable bonds is 4. The minimum atomic E-state index is -0.456.